The molecule has 4 rings (SSSR count). The zero-order chi connectivity index (χ0) is 27.0. The zero-order valence-corrected chi connectivity index (χ0v) is 20.7. The van der Waals surface area contributed by atoms with Crippen LogP contribution in [0.5, 0.6) is 0 Å². The Morgan fingerprint density at radius 2 is 1.62 bits per heavy atom. The number of ether oxygens (including phenoxy) is 1. The number of carbonyl (C=O) groups is 1. The van der Waals surface area contributed by atoms with Crippen LogP contribution < -0.4 is 4.90 Å². The van der Waals surface area contributed by atoms with E-state index in [2.05, 4.69) is 26.7 Å². The SMILES string of the molecule is Cc1ccc(CN2CCCC23CCN(C(=O)OC(C(F)(F)F)C(F)(F)F)CC3)c(N2CCC(F)CC2)c1. The van der Waals surface area contributed by atoms with Crippen molar-refractivity contribution in [3.63, 3.8) is 0 Å². The average Bonchev–Trinajstić information content (AvgIpc) is 3.19. The highest BCUT2D eigenvalue weighted by molar-refractivity contribution is 5.68. The fourth-order valence-corrected chi connectivity index (χ4v) is 5.80. The minimum atomic E-state index is -5.74. The van der Waals surface area contributed by atoms with Crippen LogP contribution in [0.4, 0.5) is 41.2 Å². The summed E-state index contributed by atoms with van der Waals surface area (Å²) in [7, 11) is 0. The minimum absolute atomic E-state index is 0.0164. The van der Waals surface area contributed by atoms with Crippen molar-refractivity contribution in [2.24, 2.45) is 0 Å². The Morgan fingerprint density at radius 3 is 2.22 bits per heavy atom. The standard InChI is InChI=1S/C25H32F7N3O2/c1-17-3-4-18(20(15-17)33-11-5-19(26)6-12-33)16-35-10-2-7-23(35)8-13-34(14-9-23)22(36)37-21(24(27,28)29)25(30,31)32/h3-4,15,19,21H,2,5-14,16H2,1H3. The molecule has 12 heteroatoms. The summed E-state index contributed by atoms with van der Waals surface area (Å²) in [4.78, 5) is 17.7. The van der Waals surface area contributed by atoms with Crippen LogP contribution >= 0.6 is 0 Å². The maximum atomic E-state index is 13.7. The predicted molar refractivity (Wildman–Crippen MR) is 123 cm³/mol. The molecule has 0 radical (unpaired) electrons. The van der Waals surface area contributed by atoms with E-state index < -0.39 is 30.7 Å². The number of carbonyl (C=O) groups excluding carboxylic acids is 1. The minimum Gasteiger partial charge on any atom is -0.426 e. The van der Waals surface area contributed by atoms with Gasteiger partial charge in [-0.25, -0.2) is 9.18 Å². The molecule has 37 heavy (non-hydrogen) atoms. The molecule has 0 aromatic heterocycles. The van der Waals surface area contributed by atoms with Crippen LogP contribution in [-0.2, 0) is 11.3 Å². The van der Waals surface area contributed by atoms with Crippen molar-refractivity contribution in [1.82, 2.24) is 9.80 Å². The molecule has 3 aliphatic rings. The van der Waals surface area contributed by atoms with Crippen molar-refractivity contribution in [3.8, 4) is 0 Å². The number of alkyl halides is 7. The van der Waals surface area contributed by atoms with Gasteiger partial charge in [0.15, 0.2) is 0 Å². The molecule has 0 N–H and O–H groups in total. The van der Waals surface area contributed by atoms with Gasteiger partial charge < -0.3 is 14.5 Å². The molecule has 3 aliphatic heterocycles. The molecule has 1 amide bonds. The molecule has 0 bridgehead atoms. The van der Waals surface area contributed by atoms with Gasteiger partial charge in [-0.15, -0.1) is 0 Å². The van der Waals surface area contributed by atoms with E-state index in [1.165, 1.54) is 0 Å². The first-order valence-electron chi connectivity index (χ1n) is 12.6. The molecule has 0 unspecified atom stereocenters. The number of anilines is 1. The van der Waals surface area contributed by atoms with Crippen LogP contribution in [0, 0.1) is 6.92 Å². The number of benzene rings is 1. The van der Waals surface area contributed by atoms with E-state index >= 15 is 0 Å². The average molecular weight is 540 g/mol. The summed E-state index contributed by atoms with van der Waals surface area (Å²) in [6.45, 7) is 4.73. The number of halogens is 7. The second-order valence-corrected chi connectivity index (χ2v) is 10.4. The fourth-order valence-electron chi connectivity index (χ4n) is 5.80. The maximum Gasteiger partial charge on any atom is 0.434 e. The van der Waals surface area contributed by atoms with Crippen LogP contribution in [0.1, 0.15) is 49.7 Å². The Balaban J connectivity index is 1.42. The van der Waals surface area contributed by atoms with E-state index in [0.717, 1.165) is 41.1 Å². The van der Waals surface area contributed by atoms with Crippen LogP contribution in [0.2, 0.25) is 0 Å². The molecule has 5 nitrogen and oxygen atoms in total. The molecule has 3 heterocycles. The van der Waals surface area contributed by atoms with Gasteiger partial charge in [-0.05, 0) is 69.2 Å². The number of rotatable bonds is 4. The summed E-state index contributed by atoms with van der Waals surface area (Å²) in [5.74, 6) is 0. The summed E-state index contributed by atoms with van der Waals surface area (Å²) in [6.07, 6.45) is -14.4. The maximum absolute atomic E-state index is 13.7. The lowest BCUT2D eigenvalue weighted by atomic mass is 9.84. The van der Waals surface area contributed by atoms with Crippen LogP contribution in [0.15, 0.2) is 18.2 Å². The largest absolute Gasteiger partial charge is 0.434 e. The number of amides is 1. The number of nitrogens with zero attached hydrogens (tertiary/aromatic N) is 3. The molecule has 3 fully saturated rings. The molecule has 0 saturated carbocycles. The van der Waals surface area contributed by atoms with E-state index in [4.69, 9.17) is 0 Å². The molecule has 0 aliphatic carbocycles. The molecule has 1 spiro atoms. The number of likely N-dealkylation sites (tertiary alicyclic amines) is 2. The summed E-state index contributed by atoms with van der Waals surface area (Å²) in [6, 6.07) is 6.20. The van der Waals surface area contributed by atoms with Gasteiger partial charge in [-0.2, -0.15) is 26.3 Å². The van der Waals surface area contributed by atoms with Crippen LogP contribution in [0.3, 0.4) is 0 Å². The van der Waals surface area contributed by atoms with Gasteiger partial charge in [0.25, 0.3) is 6.10 Å². The fraction of sp³-hybridized carbons (Fsp3) is 0.720. The number of hydrogen-bond donors (Lipinski definition) is 0. The molecule has 3 saturated heterocycles. The molecule has 0 atom stereocenters. The second-order valence-electron chi connectivity index (χ2n) is 10.4. The Kier molecular flexibility index (Phi) is 7.88. The topological polar surface area (TPSA) is 36.0 Å². The lowest BCUT2D eigenvalue weighted by molar-refractivity contribution is -0.308. The molecular formula is C25H32F7N3O2. The second kappa shape index (κ2) is 10.5. The first-order chi connectivity index (χ1) is 17.3. The zero-order valence-electron chi connectivity index (χ0n) is 20.7. The van der Waals surface area contributed by atoms with Gasteiger partial charge in [0.05, 0.1) is 0 Å². The molecule has 1 aromatic carbocycles. The third-order valence-corrected chi connectivity index (χ3v) is 7.87. The van der Waals surface area contributed by atoms with Crippen molar-refractivity contribution in [3.05, 3.63) is 29.3 Å². The molecule has 1 aromatic rings. The highest BCUT2D eigenvalue weighted by Gasteiger charge is 2.60. The van der Waals surface area contributed by atoms with Crippen molar-refractivity contribution >= 4 is 11.8 Å². The quantitative estimate of drug-likeness (QED) is 0.441. The van der Waals surface area contributed by atoms with Crippen molar-refractivity contribution < 1.29 is 40.3 Å². The molecular weight excluding hydrogens is 507 g/mol. The lowest BCUT2D eigenvalue weighted by Gasteiger charge is -2.45. The number of aryl methyl sites for hydroxylation is 1. The van der Waals surface area contributed by atoms with Gasteiger partial charge in [0.1, 0.15) is 6.17 Å². The van der Waals surface area contributed by atoms with Gasteiger partial charge in [0, 0.05) is 44.0 Å². The monoisotopic (exact) mass is 539 g/mol. The third-order valence-electron chi connectivity index (χ3n) is 7.87. The van der Waals surface area contributed by atoms with Gasteiger partial charge in [-0.3, -0.25) is 4.90 Å². The van der Waals surface area contributed by atoms with E-state index in [1.807, 2.05) is 13.0 Å². The van der Waals surface area contributed by atoms with Crippen LogP contribution in [-0.4, -0.2) is 78.8 Å². The lowest BCUT2D eigenvalue weighted by Crippen LogP contribution is -2.54. The normalized spacial score (nSPS) is 21.8. The predicted octanol–water partition coefficient (Wildman–Crippen LogP) is 5.99. The molecule has 208 valence electrons. The van der Waals surface area contributed by atoms with E-state index in [9.17, 15) is 35.5 Å². The van der Waals surface area contributed by atoms with Crippen molar-refractivity contribution in [2.75, 3.05) is 37.6 Å². The Labute approximate surface area is 211 Å². The van der Waals surface area contributed by atoms with Crippen molar-refractivity contribution in [1.29, 1.82) is 0 Å². The summed E-state index contributed by atoms with van der Waals surface area (Å²) < 4.78 is 94.5. The van der Waals surface area contributed by atoms with Gasteiger partial charge in [-0.1, -0.05) is 12.1 Å². The summed E-state index contributed by atoms with van der Waals surface area (Å²) in [5, 5.41) is 0. The Bertz CT molecular complexity index is 939. The van der Waals surface area contributed by atoms with E-state index in [1.54, 1.807) is 0 Å². The van der Waals surface area contributed by atoms with E-state index in [-0.39, 0.29) is 18.6 Å². The first-order valence-corrected chi connectivity index (χ1v) is 12.6. The highest BCUT2D eigenvalue weighted by Crippen LogP contribution is 2.41. The highest BCUT2D eigenvalue weighted by atomic mass is 19.4. The third kappa shape index (κ3) is 6.26. The van der Waals surface area contributed by atoms with E-state index in [0.29, 0.717) is 45.3 Å². The summed E-state index contributed by atoms with van der Waals surface area (Å²) in [5.41, 5.74) is 2.97. The summed E-state index contributed by atoms with van der Waals surface area (Å²) >= 11 is 0. The first kappa shape index (κ1) is 27.8. The number of piperidine rings is 2. The Morgan fingerprint density at radius 1 is 1.00 bits per heavy atom. The Hall–Kier alpha value is -2.24. The van der Waals surface area contributed by atoms with Gasteiger partial charge >= 0.3 is 18.4 Å². The van der Waals surface area contributed by atoms with Crippen molar-refractivity contribution in [2.45, 2.75) is 82.2 Å². The smallest absolute Gasteiger partial charge is 0.426 e. The van der Waals surface area contributed by atoms with Crippen LogP contribution in [0.25, 0.3) is 0 Å². The number of hydrogen-bond acceptors (Lipinski definition) is 4. The van der Waals surface area contributed by atoms with Gasteiger partial charge in [0.2, 0.25) is 0 Å².